The Morgan fingerprint density at radius 2 is 1.81 bits per heavy atom. The zero-order valence-electron chi connectivity index (χ0n) is 12.6. The number of carbonyl (C=O) groups is 1. The summed E-state index contributed by atoms with van der Waals surface area (Å²) in [6, 6.07) is 16.2. The third kappa shape index (κ3) is 4.95. The molecule has 0 radical (unpaired) electrons. The van der Waals surface area contributed by atoms with Crippen LogP contribution in [0.4, 0.5) is 5.69 Å². The molecule has 0 bridgehead atoms. The fourth-order valence-corrected chi connectivity index (χ4v) is 2.21. The Morgan fingerprint density at radius 3 is 2.52 bits per heavy atom. The standard InChI is InChI=1S/C18H22N2O/c1-14-8-9-17(15(2)12-14)19-11-10-18(21)20-13-16-6-4-3-5-7-16/h3-9,12,19H,10-11,13H2,1-2H3,(H,20,21). The normalized spacial score (nSPS) is 10.2. The van der Waals surface area contributed by atoms with Gasteiger partial charge in [-0.15, -0.1) is 0 Å². The van der Waals surface area contributed by atoms with Crippen molar-refractivity contribution in [3.63, 3.8) is 0 Å². The van der Waals surface area contributed by atoms with E-state index in [4.69, 9.17) is 0 Å². The summed E-state index contributed by atoms with van der Waals surface area (Å²) in [5.41, 5.74) is 4.67. The van der Waals surface area contributed by atoms with Crippen LogP contribution in [0.15, 0.2) is 48.5 Å². The molecule has 0 saturated heterocycles. The molecule has 21 heavy (non-hydrogen) atoms. The first-order chi connectivity index (χ1) is 10.1. The van der Waals surface area contributed by atoms with E-state index < -0.39 is 0 Å². The molecule has 0 fully saturated rings. The van der Waals surface area contributed by atoms with Crippen molar-refractivity contribution >= 4 is 11.6 Å². The second kappa shape index (κ2) is 7.48. The first-order valence-corrected chi connectivity index (χ1v) is 7.27. The highest BCUT2D eigenvalue weighted by atomic mass is 16.1. The summed E-state index contributed by atoms with van der Waals surface area (Å²) >= 11 is 0. The van der Waals surface area contributed by atoms with Gasteiger partial charge >= 0.3 is 0 Å². The molecular weight excluding hydrogens is 260 g/mol. The number of carbonyl (C=O) groups excluding carboxylic acids is 1. The largest absolute Gasteiger partial charge is 0.384 e. The van der Waals surface area contributed by atoms with E-state index in [0.29, 0.717) is 19.5 Å². The summed E-state index contributed by atoms with van der Waals surface area (Å²) in [7, 11) is 0. The van der Waals surface area contributed by atoms with Gasteiger partial charge in [-0.3, -0.25) is 4.79 Å². The van der Waals surface area contributed by atoms with Crippen LogP contribution in [0.25, 0.3) is 0 Å². The summed E-state index contributed by atoms with van der Waals surface area (Å²) in [4.78, 5) is 11.8. The molecule has 3 nitrogen and oxygen atoms in total. The van der Waals surface area contributed by atoms with Crippen LogP contribution in [-0.4, -0.2) is 12.5 Å². The molecule has 0 spiro atoms. The van der Waals surface area contributed by atoms with Crippen LogP contribution in [0.5, 0.6) is 0 Å². The highest BCUT2D eigenvalue weighted by Crippen LogP contribution is 2.15. The first-order valence-electron chi connectivity index (χ1n) is 7.27. The van der Waals surface area contributed by atoms with Crippen molar-refractivity contribution < 1.29 is 4.79 Å². The molecule has 0 unspecified atom stereocenters. The van der Waals surface area contributed by atoms with Gasteiger partial charge < -0.3 is 10.6 Å². The van der Waals surface area contributed by atoms with E-state index in [2.05, 4.69) is 42.7 Å². The number of rotatable bonds is 6. The van der Waals surface area contributed by atoms with E-state index in [1.807, 2.05) is 30.3 Å². The van der Waals surface area contributed by atoms with Gasteiger partial charge in [0.25, 0.3) is 0 Å². The van der Waals surface area contributed by atoms with Gasteiger partial charge in [0.2, 0.25) is 5.91 Å². The van der Waals surface area contributed by atoms with E-state index in [-0.39, 0.29) is 5.91 Å². The Labute approximate surface area is 126 Å². The van der Waals surface area contributed by atoms with Crippen LogP contribution in [0.3, 0.4) is 0 Å². The molecular formula is C18H22N2O. The number of benzene rings is 2. The molecule has 0 aliphatic carbocycles. The Balaban J connectivity index is 1.72. The minimum Gasteiger partial charge on any atom is -0.384 e. The van der Waals surface area contributed by atoms with E-state index in [9.17, 15) is 4.79 Å². The number of hydrogen-bond donors (Lipinski definition) is 2. The second-order valence-corrected chi connectivity index (χ2v) is 5.26. The zero-order valence-corrected chi connectivity index (χ0v) is 12.6. The molecule has 110 valence electrons. The van der Waals surface area contributed by atoms with Crippen LogP contribution >= 0.6 is 0 Å². The Kier molecular flexibility index (Phi) is 5.38. The lowest BCUT2D eigenvalue weighted by Gasteiger charge is -2.10. The van der Waals surface area contributed by atoms with Gasteiger partial charge in [-0.1, -0.05) is 48.0 Å². The lowest BCUT2D eigenvalue weighted by atomic mass is 10.1. The van der Waals surface area contributed by atoms with Gasteiger partial charge in [0.1, 0.15) is 0 Å². The van der Waals surface area contributed by atoms with Crippen molar-refractivity contribution in [2.75, 3.05) is 11.9 Å². The molecule has 0 saturated carbocycles. The van der Waals surface area contributed by atoms with Gasteiger partial charge in [-0.25, -0.2) is 0 Å². The SMILES string of the molecule is Cc1ccc(NCCC(=O)NCc2ccccc2)c(C)c1. The maximum Gasteiger partial charge on any atom is 0.222 e. The Morgan fingerprint density at radius 1 is 1.05 bits per heavy atom. The van der Waals surface area contributed by atoms with Crippen molar-refractivity contribution in [1.29, 1.82) is 0 Å². The third-order valence-corrected chi connectivity index (χ3v) is 3.38. The predicted molar refractivity (Wildman–Crippen MR) is 87.3 cm³/mol. The maximum atomic E-state index is 11.8. The highest BCUT2D eigenvalue weighted by Gasteiger charge is 2.02. The molecule has 0 heterocycles. The third-order valence-electron chi connectivity index (χ3n) is 3.38. The van der Waals surface area contributed by atoms with Crippen LogP contribution in [-0.2, 0) is 11.3 Å². The molecule has 3 heteroatoms. The van der Waals surface area contributed by atoms with E-state index >= 15 is 0 Å². The van der Waals surface area contributed by atoms with Gasteiger partial charge in [0, 0.05) is 25.2 Å². The summed E-state index contributed by atoms with van der Waals surface area (Å²) in [5, 5.41) is 6.24. The topological polar surface area (TPSA) is 41.1 Å². The number of nitrogens with one attached hydrogen (secondary N) is 2. The molecule has 2 rings (SSSR count). The molecule has 2 N–H and O–H groups in total. The van der Waals surface area contributed by atoms with Crippen molar-refractivity contribution in [3.8, 4) is 0 Å². The van der Waals surface area contributed by atoms with Gasteiger partial charge in [0.05, 0.1) is 0 Å². The summed E-state index contributed by atoms with van der Waals surface area (Å²) in [6.45, 7) is 5.38. The predicted octanol–water partition coefficient (Wildman–Crippen LogP) is 3.42. The minimum absolute atomic E-state index is 0.0658. The summed E-state index contributed by atoms with van der Waals surface area (Å²) in [5.74, 6) is 0.0658. The van der Waals surface area contributed by atoms with Gasteiger partial charge in [-0.2, -0.15) is 0 Å². The van der Waals surface area contributed by atoms with Crippen LogP contribution in [0, 0.1) is 13.8 Å². The van der Waals surface area contributed by atoms with Gasteiger partial charge in [-0.05, 0) is 31.0 Å². The maximum absolute atomic E-state index is 11.8. The van der Waals surface area contributed by atoms with Crippen molar-refractivity contribution in [2.24, 2.45) is 0 Å². The molecule has 1 amide bonds. The summed E-state index contributed by atoms with van der Waals surface area (Å²) < 4.78 is 0. The van der Waals surface area contributed by atoms with E-state index in [1.165, 1.54) is 11.1 Å². The lowest BCUT2D eigenvalue weighted by molar-refractivity contribution is -0.121. The van der Waals surface area contributed by atoms with E-state index in [1.54, 1.807) is 0 Å². The second-order valence-electron chi connectivity index (χ2n) is 5.26. The summed E-state index contributed by atoms with van der Waals surface area (Å²) in [6.07, 6.45) is 0.472. The first kappa shape index (κ1) is 15.1. The number of hydrogen-bond acceptors (Lipinski definition) is 2. The zero-order chi connectivity index (χ0) is 15.1. The number of anilines is 1. The van der Waals surface area contributed by atoms with Crippen molar-refractivity contribution in [3.05, 3.63) is 65.2 Å². The van der Waals surface area contributed by atoms with Crippen LogP contribution in [0.2, 0.25) is 0 Å². The number of aryl methyl sites for hydroxylation is 2. The van der Waals surface area contributed by atoms with Crippen LogP contribution < -0.4 is 10.6 Å². The van der Waals surface area contributed by atoms with Crippen molar-refractivity contribution in [2.45, 2.75) is 26.8 Å². The Bertz CT molecular complexity index is 593. The quantitative estimate of drug-likeness (QED) is 0.852. The molecule has 0 aliphatic rings. The minimum atomic E-state index is 0.0658. The monoisotopic (exact) mass is 282 g/mol. The molecule has 0 aliphatic heterocycles. The number of amides is 1. The smallest absolute Gasteiger partial charge is 0.222 e. The van der Waals surface area contributed by atoms with Crippen LogP contribution in [0.1, 0.15) is 23.1 Å². The molecule has 2 aromatic carbocycles. The fourth-order valence-electron chi connectivity index (χ4n) is 2.21. The van der Waals surface area contributed by atoms with Crippen molar-refractivity contribution in [1.82, 2.24) is 5.32 Å². The Hall–Kier alpha value is -2.29. The lowest BCUT2D eigenvalue weighted by Crippen LogP contribution is -2.24. The fraction of sp³-hybridized carbons (Fsp3) is 0.278. The molecule has 0 aromatic heterocycles. The average Bonchev–Trinajstić information content (AvgIpc) is 2.48. The van der Waals surface area contributed by atoms with E-state index in [0.717, 1.165) is 11.3 Å². The average molecular weight is 282 g/mol. The molecule has 0 atom stereocenters. The molecule has 2 aromatic rings. The van der Waals surface area contributed by atoms with Gasteiger partial charge in [0.15, 0.2) is 0 Å². The highest BCUT2D eigenvalue weighted by molar-refractivity contribution is 5.76.